The van der Waals surface area contributed by atoms with Crippen LogP contribution in [0.2, 0.25) is 0 Å². The van der Waals surface area contributed by atoms with E-state index in [0.29, 0.717) is 6.04 Å². The van der Waals surface area contributed by atoms with Gasteiger partial charge in [-0.15, -0.1) is 0 Å². The van der Waals surface area contributed by atoms with Crippen molar-refractivity contribution < 1.29 is 0 Å². The van der Waals surface area contributed by atoms with Gasteiger partial charge in [0, 0.05) is 44.1 Å². The number of hydrogen-bond acceptors (Lipinski definition) is 5. The quantitative estimate of drug-likeness (QED) is 0.837. The third kappa shape index (κ3) is 3.04. The van der Waals surface area contributed by atoms with Crippen molar-refractivity contribution in [1.82, 2.24) is 19.8 Å². The summed E-state index contributed by atoms with van der Waals surface area (Å²) in [6.07, 6.45) is 6.36. The van der Waals surface area contributed by atoms with E-state index in [9.17, 15) is 0 Å². The lowest BCUT2D eigenvalue weighted by Gasteiger charge is -2.37. The first-order chi connectivity index (χ1) is 10.0. The van der Waals surface area contributed by atoms with Crippen molar-refractivity contribution in [2.24, 2.45) is 5.92 Å². The van der Waals surface area contributed by atoms with Crippen LogP contribution in [0.3, 0.4) is 0 Å². The summed E-state index contributed by atoms with van der Waals surface area (Å²) in [6, 6.07) is 1.42. The smallest absolute Gasteiger partial charge is 0.225 e. The zero-order valence-corrected chi connectivity index (χ0v) is 13.7. The molecule has 0 spiro atoms. The molecule has 2 fully saturated rings. The van der Waals surface area contributed by atoms with E-state index in [1.54, 1.807) is 0 Å². The van der Waals surface area contributed by atoms with Crippen molar-refractivity contribution in [1.29, 1.82) is 0 Å². The third-order valence-electron chi connectivity index (χ3n) is 4.99. The van der Waals surface area contributed by atoms with E-state index in [2.05, 4.69) is 45.8 Å². The van der Waals surface area contributed by atoms with Crippen LogP contribution < -0.4 is 4.90 Å². The molecule has 5 nitrogen and oxygen atoms in total. The Bertz CT molecular complexity index is 472. The second-order valence-corrected chi connectivity index (χ2v) is 6.94. The van der Waals surface area contributed by atoms with E-state index < -0.39 is 0 Å². The normalized spacial score (nSPS) is 30.0. The summed E-state index contributed by atoms with van der Waals surface area (Å²) in [5, 5.41) is 0. The highest BCUT2D eigenvalue weighted by molar-refractivity contribution is 5.31. The van der Waals surface area contributed by atoms with Gasteiger partial charge in [0.25, 0.3) is 0 Å². The minimum atomic E-state index is 0.689. The summed E-state index contributed by atoms with van der Waals surface area (Å²) >= 11 is 0. The van der Waals surface area contributed by atoms with E-state index in [1.807, 2.05) is 19.3 Å². The number of hydrogen-bond donors (Lipinski definition) is 0. The van der Waals surface area contributed by atoms with Crippen molar-refractivity contribution in [3.8, 4) is 0 Å². The Labute approximate surface area is 128 Å². The van der Waals surface area contributed by atoms with Gasteiger partial charge in [0.1, 0.15) is 0 Å². The molecule has 0 radical (unpaired) electrons. The maximum Gasteiger partial charge on any atom is 0.225 e. The van der Waals surface area contributed by atoms with Gasteiger partial charge in [0.05, 0.1) is 0 Å². The first-order valence-corrected chi connectivity index (χ1v) is 7.95. The van der Waals surface area contributed by atoms with Crippen LogP contribution in [-0.2, 0) is 0 Å². The highest BCUT2D eigenvalue weighted by Gasteiger charge is 2.42. The molecular weight excluding hydrogens is 262 g/mol. The highest BCUT2D eigenvalue weighted by atomic mass is 15.3. The fourth-order valence-corrected chi connectivity index (χ4v) is 3.93. The molecule has 0 bridgehead atoms. The lowest BCUT2D eigenvalue weighted by atomic mass is 9.92. The SMILES string of the molecule is Cc1cnc(N2CC[C@H]3[C@H](C[C@@H](CN(C)C)N3C)C2)nc1. The molecule has 3 heterocycles. The maximum absolute atomic E-state index is 4.50. The van der Waals surface area contributed by atoms with Crippen LogP contribution in [0.25, 0.3) is 0 Å². The first kappa shape index (κ1) is 14.7. The first-order valence-electron chi connectivity index (χ1n) is 7.95. The lowest BCUT2D eigenvalue weighted by molar-refractivity contribution is 0.179. The maximum atomic E-state index is 4.50. The average molecular weight is 289 g/mol. The van der Waals surface area contributed by atoms with Crippen molar-refractivity contribution in [2.45, 2.75) is 31.8 Å². The van der Waals surface area contributed by atoms with Crippen molar-refractivity contribution >= 4 is 5.95 Å². The summed E-state index contributed by atoms with van der Waals surface area (Å²) in [7, 11) is 6.64. The second kappa shape index (κ2) is 5.89. The predicted octanol–water partition coefficient (Wildman–Crippen LogP) is 1.25. The molecule has 116 valence electrons. The molecule has 2 aliphatic heterocycles. The van der Waals surface area contributed by atoms with Crippen LogP contribution in [-0.4, -0.2) is 72.6 Å². The number of anilines is 1. The number of fused-ring (bicyclic) bond motifs is 1. The molecule has 21 heavy (non-hydrogen) atoms. The number of piperidine rings is 1. The van der Waals surface area contributed by atoms with E-state index >= 15 is 0 Å². The van der Waals surface area contributed by atoms with Crippen LogP contribution in [0.15, 0.2) is 12.4 Å². The number of likely N-dealkylation sites (tertiary alicyclic amines) is 1. The van der Waals surface area contributed by atoms with Gasteiger partial charge in [-0.3, -0.25) is 4.90 Å². The predicted molar refractivity (Wildman–Crippen MR) is 85.6 cm³/mol. The number of rotatable bonds is 3. The van der Waals surface area contributed by atoms with Gasteiger partial charge in [-0.05, 0) is 52.4 Å². The van der Waals surface area contributed by atoms with Gasteiger partial charge < -0.3 is 9.80 Å². The average Bonchev–Trinajstić information content (AvgIpc) is 2.75. The number of nitrogens with zero attached hydrogens (tertiary/aromatic N) is 5. The zero-order chi connectivity index (χ0) is 15.0. The second-order valence-electron chi connectivity index (χ2n) is 6.94. The van der Waals surface area contributed by atoms with Gasteiger partial charge in [-0.2, -0.15) is 0 Å². The van der Waals surface area contributed by atoms with Gasteiger partial charge in [0.2, 0.25) is 5.95 Å². The Morgan fingerprint density at radius 3 is 2.67 bits per heavy atom. The summed E-state index contributed by atoms with van der Waals surface area (Å²) in [6.45, 7) is 5.36. The Kier molecular flexibility index (Phi) is 4.13. The van der Waals surface area contributed by atoms with Crippen molar-refractivity contribution in [3.63, 3.8) is 0 Å². The molecule has 0 N–H and O–H groups in total. The Balaban J connectivity index is 1.67. The molecule has 0 aromatic carbocycles. The summed E-state index contributed by atoms with van der Waals surface area (Å²) in [4.78, 5) is 16.3. The van der Waals surface area contributed by atoms with Crippen molar-refractivity contribution in [2.75, 3.05) is 45.7 Å². The van der Waals surface area contributed by atoms with Crippen LogP contribution in [0.1, 0.15) is 18.4 Å². The minimum Gasteiger partial charge on any atom is -0.340 e. The fourth-order valence-electron chi connectivity index (χ4n) is 3.93. The third-order valence-corrected chi connectivity index (χ3v) is 4.99. The van der Waals surface area contributed by atoms with E-state index in [1.165, 1.54) is 12.8 Å². The molecule has 3 rings (SSSR count). The van der Waals surface area contributed by atoms with E-state index in [0.717, 1.165) is 43.1 Å². The number of aryl methyl sites for hydroxylation is 1. The minimum absolute atomic E-state index is 0.689. The molecule has 2 saturated heterocycles. The molecule has 5 heteroatoms. The van der Waals surface area contributed by atoms with Gasteiger partial charge in [-0.1, -0.05) is 0 Å². The Hall–Kier alpha value is -1.20. The standard InChI is InChI=1S/C16H27N5/c1-12-8-17-16(18-9-12)21-6-5-15-13(10-21)7-14(20(15)4)11-19(2)3/h8-9,13-15H,5-7,10-11H2,1-4H3/t13-,14+,15+/m1/s1. The molecular formula is C16H27N5. The molecule has 0 unspecified atom stereocenters. The largest absolute Gasteiger partial charge is 0.340 e. The monoisotopic (exact) mass is 289 g/mol. The van der Waals surface area contributed by atoms with Gasteiger partial charge in [0.15, 0.2) is 0 Å². The lowest BCUT2D eigenvalue weighted by Crippen LogP contribution is -2.46. The molecule has 1 aromatic rings. The molecule has 1 aromatic heterocycles. The zero-order valence-electron chi connectivity index (χ0n) is 13.7. The van der Waals surface area contributed by atoms with Gasteiger partial charge in [-0.25, -0.2) is 9.97 Å². The van der Waals surface area contributed by atoms with E-state index in [-0.39, 0.29) is 0 Å². The van der Waals surface area contributed by atoms with Crippen LogP contribution >= 0.6 is 0 Å². The molecule has 3 atom stereocenters. The highest BCUT2D eigenvalue weighted by Crippen LogP contribution is 2.35. The Morgan fingerprint density at radius 1 is 1.29 bits per heavy atom. The molecule has 0 aliphatic carbocycles. The van der Waals surface area contributed by atoms with Gasteiger partial charge >= 0.3 is 0 Å². The summed E-state index contributed by atoms with van der Waals surface area (Å²) in [5.74, 6) is 1.65. The van der Waals surface area contributed by atoms with Crippen molar-refractivity contribution in [3.05, 3.63) is 18.0 Å². The number of aromatic nitrogens is 2. The summed E-state index contributed by atoms with van der Waals surface area (Å²) in [5.41, 5.74) is 1.13. The topological polar surface area (TPSA) is 35.5 Å². The van der Waals surface area contributed by atoms with Crippen LogP contribution in [0.4, 0.5) is 5.95 Å². The molecule has 0 amide bonds. The fraction of sp³-hybridized carbons (Fsp3) is 0.750. The Morgan fingerprint density at radius 2 is 2.00 bits per heavy atom. The number of likely N-dealkylation sites (N-methyl/N-ethyl adjacent to an activating group) is 2. The van der Waals surface area contributed by atoms with Crippen LogP contribution in [0.5, 0.6) is 0 Å². The summed E-state index contributed by atoms with van der Waals surface area (Å²) < 4.78 is 0. The molecule has 2 aliphatic rings. The van der Waals surface area contributed by atoms with E-state index in [4.69, 9.17) is 0 Å². The van der Waals surface area contributed by atoms with Crippen LogP contribution in [0, 0.1) is 12.8 Å². The molecule has 0 saturated carbocycles.